The number of aromatic amines is 1. The molecule has 8 heteroatoms. The van der Waals surface area contributed by atoms with E-state index in [0.717, 1.165) is 43.5 Å². The standard InChI is InChI=1S/C26H36ClFN4O2/c1-7-32(20-10-8-19(9-11-20)31(5)6)23-13-18(27)12-21(15(23)2)25(33)29-14-22-16(3)24(28)17(4)30-26(22)34/h12-13,19-20H,7-11,14H2,1-6H3,(H,29,33)(H,30,34)/t19-,20-. The number of pyridine rings is 1. The summed E-state index contributed by atoms with van der Waals surface area (Å²) in [5, 5.41) is 3.27. The lowest BCUT2D eigenvalue weighted by atomic mass is 9.89. The Morgan fingerprint density at radius 3 is 2.32 bits per heavy atom. The molecule has 6 nitrogen and oxygen atoms in total. The third kappa shape index (κ3) is 5.47. The Bertz CT molecular complexity index is 1110. The van der Waals surface area contributed by atoms with Gasteiger partial charge in [0.05, 0.1) is 5.69 Å². The zero-order valence-corrected chi connectivity index (χ0v) is 21.8. The Balaban J connectivity index is 1.83. The first-order valence-corrected chi connectivity index (χ1v) is 12.3. The van der Waals surface area contributed by atoms with Crippen molar-refractivity contribution in [3.63, 3.8) is 0 Å². The number of nitrogens with zero attached hydrogens (tertiary/aromatic N) is 2. The molecule has 0 unspecified atom stereocenters. The first-order chi connectivity index (χ1) is 16.0. The number of hydrogen-bond donors (Lipinski definition) is 2. The summed E-state index contributed by atoms with van der Waals surface area (Å²) < 4.78 is 14.3. The van der Waals surface area contributed by atoms with Crippen molar-refractivity contribution in [2.75, 3.05) is 25.5 Å². The van der Waals surface area contributed by atoms with E-state index in [2.05, 4.69) is 41.1 Å². The SMILES string of the molecule is CCN(c1cc(Cl)cc(C(=O)NCc2c(C)c(F)c(C)[nH]c2=O)c1C)[C@H]1CC[C@H](N(C)C)CC1. The van der Waals surface area contributed by atoms with Crippen LogP contribution < -0.4 is 15.8 Å². The van der Waals surface area contributed by atoms with Gasteiger partial charge in [-0.1, -0.05) is 11.6 Å². The van der Waals surface area contributed by atoms with Gasteiger partial charge in [0.15, 0.2) is 0 Å². The van der Waals surface area contributed by atoms with Crippen LogP contribution in [0.4, 0.5) is 10.1 Å². The van der Waals surface area contributed by atoms with Gasteiger partial charge in [0.1, 0.15) is 5.82 Å². The molecular weight excluding hydrogens is 455 g/mol. The summed E-state index contributed by atoms with van der Waals surface area (Å²) in [6, 6.07) is 4.58. The van der Waals surface area contributed by atoms with Crippen molar-refractivity contribution in [1.29, 1.82) is 0 Å². The number of carbonyl (C=O) groups excluding carboxylic acids is 1. The molecule has 34 heavy (non-hydrogen) atoms. The Kier molecular flexibility index (Phi) is 8.42. The molecular formula is C26H36ClFN4O2. The van der Waals surface area contributed by atoms with Crippen LogP contribution in [-0.2, 0) is 6.54 Å². The summed E-state index contributed by atoms with van der Waals surface area (Å²) in [7, 11) is 4.27. The lowest BCUT2D eigenvalue weighted by molar-refractivity contribution is 0.0950. The highest BCUT2D eigenvalue weighted by Gasteiger charge is 2.28. The van der Waals surface area contributed by atoms with E-state index >= 15 is 0 Å². The number of halogens is 2. The first-order valence-electron chi connectivity index (χ1n) is 11.9. The monoisotopic (exact) mass is 490 g/mol. The lowest BCUT2D eigenvalue weighted by Crippen LogP contribution is -2.42. The molecule has 0 bridgehead atoms. The van der Waals surface area contributed by atoms with Crippen LogP contribution in [0.15, 0.2) is 16.9 Å². The molecule has 0 aliphatic heterocycles. The van der Waals surface area contributed by atoms with Crippen molar-refractivity contribution in [2.24, 2.45) is 0 Å². The van der Waals surface area contributed by atoms with E-state index in [1.54, 1.807) is 13.0 Å². The van der Waals surface area contributed by atoms with Crippen molar-refractivity contribution in [1.82, 2.24) is 15.2 Å². The maximum atomic E-state index is 14.3. The molecule has 1 aliphatic rings. The molecule has 1 amide bonds. The fourth-order valence-corrected chi connectivity index (χ4v) is 5.28. The van der Waals surface area contributed by atoms with Gasteiger partial charge in [-0.05, 0) is 90.7 Å². The summed E-state index contributed by atoms with van der Waals surface area (Å²) in [6.45, 7) is 7.86. The smallest absolute Gasteiger partial charge is 0.253 e. The minimum Gasteiger partial charge on any atom is -0.369 e. The maximum absolute atomic E-state index is 14.3. The van der Waals surface area contributed by atoms with E-state index in [1.165, 1.54) is 6.92 Å². The van der Waals surface area contributed by atoms with Gasteiger partial charge in [-0.2, -0.15) is 0 Å². The first kappa shape index (κ1) is 26.2. The number of rotatable bonds is 7. The van der Waals surface area contributed by atoms with Crippen molar-refractivity contribution in [2.45, 2.75) is 72.0 Å². The van der Waals surface area contributed by atoms with Crippen LogP contribution in [-0.4, -0.2) is 48.5 Å². The maximum Gasteiger partial charge on any atom is 0.253 e. The topological polar surface area (TPSA) is 68.4 Å². The van der Waals surface area contributed by atoms with Gasteiger partial charge in [-0.15, -0.1) is 0 Å². The lowest BCUT2D eigenvalue weighted by Gasteiger charge is -2.40. The van der Waals surface area contributed by atoms with Crippen LogP contribution in [0.1, 0.15) is 65.3 Å². The normalized spacial score (nSPS) is 18.3. The van der Waals surface area contributed by atoms with E-state index < -0.39 is 11.4 Å². The second-order valence-corrected chi connectivity index (χ2v) is 9.93. The highest BCUT2D eigenvalue weighted by Crippen LogP contribution is 2.34. The number of aryl methyl sites for hydroxylation is 1. The van der Waals surface area contributed by atoms with Gasteiger partial charge < -0.3 is 20.1 Å². The quantitative estimate of drug-likeness (QED) is 0.589. The summed E-state index contributed by atoms with van der Waals surface area (Å²) >= 11 is 6.46. The molecule has 186 valence electrons. The van der Waals surface area contributed by atoms with Crippen LogP contribution in [0.25, 0.3) is 0 Å². The van der Waals surface area contributed by atoms with Crippen LogP contribution >= 0.6 is 11.6 Å². The summed E-state index contributed by atoms with van der Waals surface area (Å²) in [4.78, 5) is 32.6. The van der Waals surface area contributed by atoms with Gasteiger partial charge in [-0.25, -0.2) is 4.39 Å². The van der Waals surface area contributed by atoms with Crippen molar-refractivity contribution in [3.05, 3.63) is 61.3 Å². The van der Waals surface area contributed by atoms with Crippen molar-refractivity contribution in [3.8, 4) is 0 Å². The van der Waals surface area contributed by atoms with Crippen LogP contribution in [0.3, 0.4) is 0 Å². The van der Waals surface area contributed by atoms with Gasteiger partial charge in [0.2, 0.25) is 0 Å². The van der Waals surface area contributed by atoms with Crippen molar-refractivity contribution < 1.29 is 9.18 Å². The molecule has 1 heterocycles. The van der Waals surface area contributed by atoms with Gasteiger partial charge in [-0.3, -0.25) is 9.59 Å². The molecule has 0 radical (unpaired) electrons. The molecule has 1 fully saturated rings. The number of benzene rings is 1. The van der Waals surface area contributed by atoms with E-state index in [4.69, 9.17) is 11.6 Å². The molecule has 1 saturated carbocycles. The summed E-state index contributed by atoms with van der Waals surface area (Å²) in [5.74, 6) is -0.805. The fourth-order valence-electron chi connectivity index (χ4n) is 5.07. The molecule has 0 saturated heterocycles. The Morgan fingerprint density at radius 2 is 1.74 bits per heavy atom. The largest absolute Gasteiger partial charge is 0.369 e. The zero-order chi connectivity index (χ0) is 25.2. The second-order valence-electron chi connectivity index (χ2n) is 9.49. The second kappa shape index (κ2) is 10.9. The molecule has 0 spiro atoms. The Labute approximate surface area is 206 Å². The number of nitrogens with one attached hydrogen (secondary N) is 2. The molecule has 1 aromatic carbocycles. The van der Waals surface area contributed by atoms with Gasteiger partial charge in [0.25, 0.3) is 11.5 Å². The van der Waals surface area contributed by atoms with E-state index in [1.807, 2.05) is 13.0 Å². The van der Waals surface area contributed by atoms with Crippen LogP contribution in [0.2, 0.25) is 5.02 Å². The zero-order valence-electron chi connectivity index (χ0n) is 21.0. The van der Waals surface area contributed by atoms with Crippen molar-refractivity contribution >= 4 is 23.2 Å². The molecule has 1 aliphatic carbocycles. The van der Waals surface area contributed by atoms with Gasteiger partial charge >= 0.3 is 0 Å². The summed E-state index contributed by atoms with van der Waals surface area (Å²) in [6.07, 6.45) is 4.46. The number of carbonyl (C=O) groups is 1. The average molecular weight is 491 g/mol. The number of amides is 1. The predicted octanol–water partition coefficient (Wildman–Crippen LogP) is 4.72. The molecule has 2 aromatic rings. The third-order valence-electron chi connectivity index (χ3n) is 7.19. The predicted molar refractivity (Wildman–Crippen MR) is 137 cm³/mol. The fraction of sp³-hybridized carbons (Fsp3) is 0.538. The Morgan fingerprint density at radius 1 is 1.12 bits per heavy atom. The third-order valence-corrected chi connectivity index (χ3v) is 7.41. The number of aromatic nitrogens is 1. The molecule has 1 aromatic heterocycles. The minimum atomic E-state index is -0.465. The number of H-pyrrole nitrogens is 1. The molecule has 2 N–H and O–H groups in total. The summed E-state index contributed by atoms with van der Waals surface area (Å²) in [5.41, 5.74) is 2.52. The highest BCUT2D eigenvalue weighted by atomic mass is 35.5. The van der Waals surface area contributed by atoms with Crippen LogP contribution in [0, 0.1) is 26.6 Å². The van der Waals surface area contributed by atoms with Crippen LogP contribution in [0.5, 0.6) is 0 Å². The average Bonchev–Trinajstić information content (AvgIpc) is 2.80. The van der Waals surface area contributed by atoms with E-state index in [9.17, 15) is 14.0 Å². The number of anilines is 1. The highest BCUT2D eigenvalue weighted by molar-refractivity contribution is 6.31. The molecule has 0 atom stereocenters. The van der Waals surface area contributed by atoms with E-state index in [-0.39, 0.29) is 29.3 Å². The van der Waals surface area contributed by atoms with Gasteiger partial charge in [0, 0.05) is 47.0 Å². The molecule has 3 rings (SSSR count). The Hall–Kier alpha value is -2.38. The minimum absolute atomic E-state index is 0.0650. The number of hydrogen-bond acceptors (Lipinski definition) is 4. The van der Waals surface area contributed by atoms with E-state index in [0.29, 0.717) is 22.7 Å².